The summed E-state index contributed by atoms with van der Waals surface area (Å²) >= 11 is 0. The first-order valence-corrected chi connectivity index (χ1v) is 5.98. The predicted molar refractivity (Wildman–Crippen MR) is 68.4 cm³/mol. The van der Waals surface area contributed by atoms with E-state index in [-0.39, 0.29) is 18.2 Å². The molecule has 1 aromatic rings. The van der Waals surface area contributed by atoms with E-state index in [1.807, 2.05) is 13.8 Å². The van der Waals surface area contributed by atoms with Crippen molar-refractivity contribution >= 4 is 11.7 Å². The molecule has 1 N–H and O–H groups in total. The maximum absolute atomic E-state index is 11.4. The zero-order chi connectivity index (χ0) is 14.4. The second-order valence-corrected chi connectivity index (χ2v) is 4.68. The van der Waals surface area contributed by atoms with Gasteiger partial charge in [0.05, 0.1) is 4.92 Å². The van der Waals surface area contributed by atoms with Gasteiger partial charge < -0.3 is 9.84 Å². The lowest BCUT2D eigenvalue weighted by molar-refractivity contribution is -0.384. The summed E-state index contributed by atoms with van der Waals surface area (Å²) in [6, 6.07) is 5.71. The summed E-state index contributed by atoms with van der Waals surface area (Å²) < 4.78 is 4.93. The summed E-state index contributed by atoms with van der Waals surface area (Å²) in [5.41, 5.74) is 0.616. The van der Waals surface area contributed by atoms with E-state index in [4.69, 9.17) is 4.74 Å². The number of non-ortho nitro benzene ring substituents is 1. The fourth-order valence-corrected chi connectivity index (χ4v) is 1.51. The zero-order valence-electron chi connectivity index (χ0n) is 10.9. The third kappa shape index (κ3) is 5.05. The maximum atomic E-state index is 11.4. The number of esters is 1. The summed E-state index contributed by atoms with van der Waals surface area (Å²) in [5.74, 6) is -0.478. The first-order valence-electron chi connectivity index (χ1n) is 5.98. The van der Waals surface area contributed by atoms with Crippen LogP contribution in [0.5, 0.6) is 0 Å². The summed E-state index contributed by atoms with van der Waals surface area (Å²) in [6.45, 7) is 3.78. The number of hydrogen-bond donors (Lipinski definition) is 1. The molecule has 0 heterocycles. The minimum absolute atomic E-state index is 0.00795. The molecule has 6 heteroatoms. The van der Waals surface area contributed by atoms with Crippen LogP contribution in [0.2, 0.25) is 0 Å². The average molecular weight is 267 g/mol. The molecule has 0 amide bonds. The Balaban J connectivity index is 2.48. The summed E-state index contributed by atoms with van der Waals surface area (Å²) in [7, 11) is 0. The van der Waals surface area contributed by atoms with E-state index in [0.717, 1.165) is 0 Å². The van der Waals surface area contributed by atoms with Gasteiger partial charge in [0.25, 0.3) is 5.69 Å². The summed E-state index contributed by atoms with van der Waals surface area (Å²) in [4.78, 5) is 21.4. The number of nitro groups is 1. The molecule has 0 aliphatic heterocycles. The Hall–Kier alpha value is -1.95. The minimum atomic E-state index is -1.13. The Morgan fingerprint density at radius 1 is 1.37 bits per heavy atom. The highest BCUT2D eigenvalue weighted by Gasteiger charge is 2.18. The van der Waals surface area contributed by atoms with Crippen molar-refractivity contribution in [2.24, 2.45) is 5.92 Å². The molecule has 0 radical (unpaired) electrons. The van der Waals surface area contributed by atoms with Gasteiger partial charge in [-0.15, -0.1) is 0 Å². The number of rotatable bonds is 6. The fourth-order valence-electron chi connectivity index (χ4n) is 1.51. The topological polar surface area (TPSA) is 89.7 Å². The van der Waals surface area contributed by atoms with Gasteiger partial charge in [-0.1, -0.05) is 13.8 Å². The van der Waals surface area contributed by atoms with E-state index < -0.39 is 17.0 Å². The first kappa shape index (κ1) is 15.1. The molecule has 19 heavy (non-hydrogen) atoms. The van der Waals surface area contributed by atoms with Gasteiger partial charge in [0.15, 0.2) is 6.10 Å². The number of aliphatic hydroxyl groups is 1. The highest BCUT2D eigenvalue weighted by molar-refractivity contribution is 5.74. The number of benzene rings is 1. The lowest BCUT2D eigenvalue weighted by Crippen LogP contribution is -2.24. The Kier molecular flexibility index (Phi) is 5.44. The van der Waals surface area contributed by atoms with Gasteiger partial charge in [0.1, 0.15) is 6.61 Å². The zero-order valence-corrected chi connectivity index (χ0v) is 10.9. The molecule has 0 spiro atoms. The van der Waals surface area contributed by atoms with Gasteiger partial charge in [0, 0.05) is 12.1 Å². The minimum Gasteiger partial charge on any atom is -0.459 e. The molecule has 6 nitrogen and oxygen atoms in total. The first-order chi connectivity index (χ1) is 8.90. The van der Waals surface area contributed by atoms with Crippen molar-refractivity contribution in [3.8, 4) is 0 Å². The molecule has 0 saturated carbocycles. The van der Waals surface area contributed by atoms with Crippen molar-refractivity contribution in [3.05, 3.63) is 39.9 Å². The lowest BCUT2D eigenvalue weighted by Gasteiger charge is -2.12. The van der Waals surface area contributed by atoms with Gasteiger partial charge >= 0.3 is 5.97 Å². The van der Waals surface area contributed by atoms with E-state index in [2.05, 4.69) is 0 Å². The van der Waals surface area contributed by atoms with Gasteiger partial charge in [0.2, 0.25) is 0 Å². The number of carbonyl (C=O) groups excluding carboxylic acids is 1. The molecule has 1 atom stereocenters. The van der Waals surface area contributed by atoms with Gasteiger partial charge in [-0.05, 0) is 30.0 Å². The Labute approximate surface area is 111 Å². The molecule has 0 aliphatic carbocycles. The number of hydrogen-bond acceptors (Lipinski definition) is 5. The van der Waals surface area contributed by atoms with Crippen molar-refractivity contribution in [2.45, 2.75) is 33.0 Å². The van der Waals surface area contributed by atoms with Crippen LogP contribution in [0.15, 0.2) is 24.3 Å². The van der Waals surface area contributed by atoms with Crippen LogP contribution in [0, 0.1) is 16.0 Å². The molecule has 0 bridgehead atoms. The van der Waals surface area contributed by atoms with Crippen molar-refractivity contribution in [3.63, 3.8) is 0 Å². The summed E-state index contributed by atoms with van der Waals surface area (Å²) in [6.07, 6.45) is -0.780. The van der Waals surface area contributed by atoms with Crippen molar-refractivity contribution in [1.82, 2.24) is 0 Å². The van der Waals surface area contributed by atoms with Crippen molar-refractivity contribution in [2.75, 3.05) is 0 Å². The highest BCUT2D eigenvalue weighted by Crippen LogP contribution is 2.13. The Morgan fingerprint density at radius 3 is 2.42 bits per heavy atom. The van der Waals surface area contributed by atoms with Crippen LogP contribution in [0.3, 0.4) is 0 Å². The van der Waals surface area contributed by atoms with Crippen LogP contribution in [0.4, 0.5) is 5.69 Å². The van der Waals surface area contributed by atoms with E-state index in [1.54, 1.807) is 0 Å². The van der Waals surface area contributed by atoms with Crippen LogP contribution in [-0.2, 0) is 16.1 Å². The normalized spacial score (nSPS) is 12.2. The standard InChI is InChI=1S/C13H17NO5/c1-9(2)7-12(15)13(16)19-8-10-3-5-11(6-4-10)14(17)18/h3-6,9,12,15H,7-8H2,1-2H3/t12-/m1/s1. The number of ether oxygens (including phenoxy) is 1. The Bertz CT molecular complexity index is 441. The maximum Gasteiger partial charge on any atom is 0.335 e. The van der Waals surface area contributed by atoms with Gasteiger partial charge in [-0.3, -0.25) is 10.1 Å². The molecule has 1 aromatic carbocycles. The molecule has 0 saturated heterocycles. The molecule has 0 fully saturated rings. The van der Waals surface area contributed by atoms with E-state index >= 15 is 0 Å². The number of nitrogens with zero attached hydrogens (tertiary/aromatic N) is 1. The number of nitro benzene ring substituents is 1. The fraction of sp³-hybridized carbons (Fsp3) is 0.462. The lowest BCUT2D eigenvalue weighted by atomic mass is 10.1. The van der Waals surface area contributed by atoms with E-state index in [1.165, 1.54) is 24.3 Å². The number of carbonyl (C=O) groups is 1. The highest BCUT2D eigenvalue weighted by atomic mass is 16.6. The second kappa shape index (κ2) is 6.84. The van der Waals surface area contributed by atoms with Crippen LogP contribution in [0.1, 0.15) is 25.8 Å². The molecule has 1 rings (SSSR count). The van der Waals surface area contributed by atoms with Crippen molar-refractivity contribution < 1.29 is 19.6 Å². The average Bonchev–Trinajstić information content (AvgIpc) is 2.35. The van der Waals surface area contributed by atoms with Crippen LogP contribution >= 0.6 is 0 Å². The molecule has 0 aromatic heterocycles. The third-order valence-corrected chi connectivity index (χ3v) is 2.49. The molecule has 0 aliphatic rings. The second-order valence-electron chi connectivity index (χ2n) is 4.68. The van der Waals surface area contributed by atoms with Gasteiger partial charge in [-0.2, -0.15) is 0 Å². The molecular weight excluding hydrogens is 250 g/mol. The smallest absolute Gasteiger partial charge is 0.335 e. The molecular formula is C13H17NO5. The largest absolute Gasteiger partial charge is 0.459 e. The molecule has 0 unspecified atom stereocenters. The van der Waals surface area contributed by atoms with Crippen LogP contribution in [-0.4, -0.2) is 22.1 Å². The number of aliphatic hydroxyl groups excluding tert-OH is 1. The van der Waals surface area contributed by atoms with Crippen LogP contribution < -0.4 is 0 Å². The Morgan fingerprint density at radius 2 is 1.95 bits per heavy atom. The van der Waals surface area contributed by atoms with Crippen molar-refractivity contribution in [1.29, 1.82) is 0 Å². The van der Waals surface area contributed by atoms with E-state index in [0.29, 0.717) is 12.0 Å². The van der Waals surface area contributed by atoms with Crippen LogP contribution in [0.25, 0.3) is 0 Å². The predicted octanol–water partition coefficient (Wildman–Crippen LogP) is 2.04. The summed E-state index contributed by atoms with van der Waals surface area (Å²) in [5, 5.41) is 20.0. The molecule has 104 valence electrons. The monoisotopic (exact) mass is 267 g/mol. The third-order valence-electron chi connectivity index (χ3n) is 2.49. The van der Waals surface area contributed by atoms with Gasteiger partial charge in [-0.25, -0.2) is 4.79 Å². The SMILES string of the molecule is CC(C)C[C@@H](O)C(=O)OCc1ccc([N+](=O)[O-])cc1. The quantitative estimate of drug-likeness (QED) is 0.484. The van der Waals surface area contributed by atoms with E-state index in [9.17, 15) is 20.0 Å².